The second-order valence-electron chi connectivity index (χ2n) is 5.75. The van der Waals surface area contributed by atoms with E-state index in [0.29, 0.717) is 6.54 Å². The molecule has 22 heavy (non-hydrogen) atoms. The molecule has 0 bridgehead atoms. The highest BCUT2D eigenvalue weighted by atomic mass is 16.5. The molecule has 114 valence electrons. The number of amides is 1. The summed E-state index contributed by atoms with van der Waals surface area (Å²) in [5.74, 6) is 1.20. The Kier molecular flexibility index (Phi) is 4.42. The minimum atomic E-state index is 0.0695. The highest BCUT2D eigenvalue weighted by Crippen LogP contribution is 2.27. The van der Waals surface area contributed by atoms with Crippen molar-refractivity contribution < 1.29 is 9.53 Å². The molecule has 3 heteroatoms. The van der Waals surface area contributed by atoms with Gasteiger partial charge in [0.25, 0.3) is 0 Å². The van der Waals surface area contributed by atoms with Gasteiger partial charge in [-0.15, -0.1) is 0 Å². The second-order valence-corrected chi connectivity index (χ2v) is 5.75. The first-order valence-electron chi connectivity index (χ1n) is 7.72. The van der Waals surface area contributed by atoms with Crippen LogP contribution in [0.15, 0.2) is 54.6 Å². The van der Waals surface area contributed by atoms with Crippen LogP contribution in [-0.2, 0) is 17.8 Å². The molecule has 0 aromatic heterocycles. The number of rotatable bonds is 5. The Morgan fingerprint density at radius 2 is 1.82 bits per heavy atom. The molecule has 1 atom stereocenters. The SMILES string of the molecule is COc1ccccc1CC1CCN(Cc2ccccc2)C1=O. The van der Waals surface area contributed by atoms with Crippen LogP contribution in [0.2, 0.25) is 0 Å². The lowest BCUT2D eigenvalue weighted by Crippen LogP contribution is -2.27. The first-order chi connectivity index (χ1) is 10.8. The Labute approximate surface area is 131 Å². The van der Waals surface area contributed by atoms with Crippen molar-refractivity contribution in [2.45, 2.75) is 19.4 Å². The van der Waals surface area contributed by atoms with Crippen molar-refractivity contribution in [1.82, 2.24) is 4.90 Å². The van der Waals surface area contributed by atoms with Gasteiger partial charge in [0.15, 0.2) is 0 Å². The van der Waals surface area contributed by atoms with Gasteiger partial charge >= 0.3 is 0 Å². The molecule has 1 fully saturated rings. The Morgan fingerprint density at radius 1 is 1.09 bits per heavy atom. The second kappa shape index (κ2) is 6.65. The molecular formula is C19H21NO2. The summed E-state index contributed by atoms with van der Waals surface area (Å²) in [6, 6.07) is 18.1. The predicted octanol–water partition coefficient (Wildman–Crippen LogP) is 3.29. The van der Waals surface area contributed by atoms with E-state index in [4.69, 9.17) is 4.74 Å². The minimum absolute atomic E-state index is 0.0695. The number of ether oxygens (including phenoxy) is 1. The Morgan fingerprint density at radius 3 is 2.59 bits per heavy atom. The molecule has 0 aliphatic carbocycles. The molecule has 0 radical (unpaired) electrons. The zero-order chi connectivity index (χ0) is 15.4. The molecule has 1 aliphatic rings. The van der Waals surface area contributed by atoms with Crippen molar-refractivity contribution >= 4 is 5.91 Å². The van der Waals surface area contributed by atoms with Gasteiger partial charge in [-0.25, -0.2) is 0 Å². The van der Waals surface area contributed by atoms with Crippen molar-refractivity contribution in [3.63, 3.8) is 0 Å². The third-order valence-corrected chi connectivity index (χ3v) is 4.28. The first kappa shape index (κ1) is 14.6. The summed E-state index contributed by atoms with van der Waals surface area (Å²) in [5, 5.41) is 0. The van der Waals surface area contributed by atoms with E-state index in [1.54, 1.807) is 7.11 Å². The monoisotopic (exact) mass is 295 g/mol. The highest BCUT2D eigenvalue weighted by molar-refractivity contribution is 5.81. The number of nitrogens with zero attached hydrogens (tertiary/aromatic N) is 1. The molecular weight excluding hydrogens is 274 g/mol. The van der Waals surface area contributed by atoms with E-state index >= 15 is 0 Å². The van der Waals surface area contributed by atoms with E-state index in [1.807, 2.05) is 47.4 Å². The number of likely N-dealkylation sites (tertiary alicyclic amines) is 1. The van der Waals surface area contributed by atoms with Crippen molar-refractivity contribution in [2.24, 2.45) is 5.92 Å². The molecule has 1 aliphatic heterocycles. The Balaban J connectivity index is 1.66. The maximum absolute atomic E-state index is 12.6. The summed E-state index contributed by atoms with van der Waals surface area (Å²) < 4.78 is 5.39. The smallest absolute Gasteiger partial charge is 0.226 e. The van der Waals surface area contributed by atoms with Gasteiger partial charge in [0.05, 0.1) is 7.11 Å². The van der Waals surface area contributed by atoms with Crippen LogP contribution >= 0.6 is 0 Å². The molecule has 2 aromatic rings. The van der Waals surface area contributed by atoms with E-state index in [-0.39, 0.29) is 11.8 Å². The normalized spacial score (nSPS) is 17.8. The lowest BCUT2D eigenvalue weighted by molar-refractivity contribution is -0.131. The van der Waals surface area contributed by atoms with Gasteiger partial charge in [-0.05, 0) is 30.0 Å². The highest BCUT2D eigenvalue weighted by Gasteiger charge is 2.31. The number of hydrogen-bond donors (Lipinski definition) is 0. The van der Waals surface area contributed by atoms with E-state index in [1.165, 1.54) is 5.56 Å². The molecule has 1 heterocycles. The van der Waals surface area contributed by atoms with Crippen LogP contribution in [0.3, 0.4) is 0 Å². The third kappa shape index (κ3) is 3.14. The van der Waals surface area contributed by atoms with Crippen LogP contribution in [0.1, 0.15) is 17.5 Å². The molecule has 0 spiro atoms. The van der Waals surface area contributed by atoms with Crippen LogP contribution in [0.25, 0.3) is 0 Å². The van der Waals surface area contributed by atoms with Crippen molar-refractivity contribution in [3.8, 4) is 5.75 Å². The fourth-order valence-electron chi connectivity index (χ4n) is 3.09. The number of para-hydroxylation sites is 1. The van der Waals surface area contributed by atoms with Gasteiger partial charge in [-0.1, -0.05) is 48.5 Å². The largest absolute Gasteiger partial charge is 0.496 e. The maximum atomic E-state index is 12.6. The summed E-state index contributed by atoms with van der Waals surface area (Å²) in [6.07, 6.45) is 1.68. The fourth-order valence-corrected chi connectivity index (χ4v) is 3.09. The van der Waals surface area contributed by atoms with Crippen LogP contribution < -0.4 is 4.74 Å². The molecule has 1 unspecified atom stereocenters. The Bertz CT molecular complexity index is 639. The first-order valence-corrected chi connectivity index (χ1v) is 7.72. The Hall–Kier alpha value is -2.29. The fraction of sp³-hybridized carbons (Fsp3) is 0.316. The molecule has 0 N–H and O–H groups in total. The summed E-state index contributed by atoms with van der Waals surface area (Å²) in [6.45, 7) is 1.55. The van der Waals surface area contributed by atoms with Gasteiger partial charge in [-0.2, -0.15) is 0 Å². The molecule has 1 saturated heterocycles. The standard InChI is InChI=1S/C19H21NO2/c1-22-18-10-6-5-9-16(18)13-17-11-12-20(19(17)21)14-15-7-3-2-4-8-15/h2-10,17H,11-14H2,1H3. The van der Waals surface area contributed by atoms with Crippen LogP contribution in [-0.4, -0.2) is 24.5 Å². The zero-order valence-corrected chi connectivity index (χ0v) is 12.9. The van der Waals surface area contributed by atoms with Gasteiger partial charge in [0.1, 0.15) is 5.75 Å². The molecule has 3 rings (SSSR count). The topological polar surface area (TPSA) is 29.5 Å². The molecule has 2 aromatic carbocycles. The molecule has 3 nitrogen and oxygen atoms in total. The number of methoxy groups -OCH3 is 1. The molecule has 1 amide bonds. The maximum Gasteiger partial charge on any atom is 0.226 e. The average Bonchev–Trinajstić information content (AvgIpc) is 2.90. The van der Waals surface area contributed by atoms with Crippen LogP contribution in [0.5, 0.6) is 5.75 Å². The molecule has 0 saturated carbocycles. The lowest BCUT2D eigenvalue weighted by atomic mass is 9.97. The zero-order valence-electron chi connectivity index (χ0n) is 12.9. The minimum Gasteiger partial charge on any atom is -0.496 e. The lowest BCUT2D eigenvalue weighted by Gasteiger charge is -2.17. The van der Waals surface area contributed by atoms with E-state index in [9.17, 15) is 4.79 Å². The van der Waals surface area contributed by atoms with E-state index < -0.39 is 0 Å². The predicted molar refractivity (Wildman–Crippen MR) is 86.7 cm³/mol. The number of carbonyl (C=O) groups is 1. The van der Waals surface area contributed by atoms with E-state index in [0.717, 1.165) is 30.7 Å². The number of carbonyl (C=O) groups excluding carboxylic acids is 1. The number of hydrogen-bond acceptors (Lipinski definition) is 2. The van der Waals surface area contributed by atoms with Gasteiger partial charge in [0.2, 0.25) is 5.91 Å². The van der Waals surface area contributed by atoms with Crippen molar-refractivity contribution in [3.05, 3.63) is 65.7 Å². The summed E-state index contributed by atoms with van der Waals surface area (Å²) >= 11 is 0. The van der Waals surface area contributed by atoms with Crippen molar-refractivity contribution in [1.29, 1.82) is 0 Å². The van der Waals surface area contributed by atoms with Gasteiger partial charge in [-0.3, -0.25) is 4.79 Å². The summed E-state index contributed by atoms with van der Waals surface area (Å²) in [4.78, 5) is 14.6. The third-order valence-electron chi connectivity index (χ3n) is 4.28. The number of benzene rings is 2. The quantitative estimate of drug-likeness (QED) is 0.847. The summed E-state index contributed by atoms with van der Waals surface area (Å²) in [7, 11) is 1.68. The van der Waals surface area contributed by atoms with Crippen LogP contribution in [0, 0.1) is 5.92 Å². The van der Waals surface area contributed by atoms with Gasteiger partial charge in [0, 0.05) is 19.0 Å². The van der Waals surface area contributed by atoms with Crippen molar-refractivity contribution in [2.75, 3.05) is 13.7 Å². The summed E-state index contributed by atoms with van der Waals surface area (Å²) in [5.41, 5.74) is 2.30. The van der Waals surface area contributed by atoms with Gasteiger partial charge < -0.3 is 9.64 Å². The van der Waals surface area contributed by atoms with Crippen LogP contribution in [0.4, 0.5) is 0 Å². The average molecular weight is 295 g/mol. The van der Waals surface area contributed by atoms with E-state index in [2.05, 4.69) is 12.1 Å².